The Balaban J connectivity index is 1.93. The Labute approximate surface area is 130 Å². The summed E-state index contributed by atoms with van der Waals surface area (Å²) in [5.41, 5.74) is 2.22. The lowest BCUT2D eigenvalue weighted by Gasteiger charge is -2.18. The molecule has 0 radical (unpaired) electrons. The predicted molar refractivity (Wildman–Crippen MR) is 88.2 cm³/mol. The highest BCUT2D eigenvalue weighted by molar-refractivity contribution is 7.12. The highest BCUT2D eigenvalue weighted by Gasteiger charge is 2.13. The summed E-state index contributed by atoms with van der Waals surface area (Å²) in [5, 5.41) is 13.7. The summed E-state index contributed by atoms with van der Waals surface area (Å²) in [6.45, 7) is 6.93. The number of aliphatic hydroxyl groups excluding tert-OH is 1. The molecule has 1 aromatic carbocycles. The third kappa shape index (κ3) is 4.06. The van der Waals surface area contributed by atoms with Crippen LogP contribution in [0.4, 0.5) is 0 Å². The number of rotatable bonds is 6. The van der Waals surface area contributed by atoms with Gasteiger partial charge in [0.15, 0.2) is 0 Å². The van der Waals surface area contributed by atoms with Crippen molar-refractivity contribution in [2.75, 3.05) is 13.7 Å². The molecule has 2 aromatic rings. The van der Waals surface area contributed by atoms with Crippen molar-refractivity contribution in [3.8, 4) is 5.75 Å². The van der Waals surface area contributed by atoms with Crippen molar-refractivity contribution in [3.63, 3.8) is 0 Å². The average molecular weight is 305 g/mol. The van der Waals surface area contributed by atoms with E-state index < -0.39 is 6.10 Å². The van der Waals surface area contributed by atoms with Crippen LogP contribution in [0.3, 0.4) is 0 Å². The number of hydrogen-bond donors (Lipinski definition) is 2. The summed E-state index contributed by atoms with van der Waals surface area (Å²) < 4.78 is 5.12. The number of nitrogens with one attached hydrogen (secondary N) is 1. The van der Waals surface area contributed by atoms with Crippen LogP contribution in [0.1, 0.15) is 40.0 Å². The van der Waals surface area contributed by atoms with Crippen molar-refractivity contribution in [3.05, 3.63) is 51.2 Å². The van der Waals surface area contributed by atoms with Crippen molar-refractivity contribution in [2.24, 2.45) is 0 Å². The Kier molecular flexibility index (Phi) is 5.39. The van der Waals surface area contributed by atoms with Gasteiger partial charge in [0.05, 0.1) is 13.2 Å². The van der Waals surface area contributed by atoms with Crippen LogP contribution < -0.4 is 10.1 Å². The molecule has 0 aliphatic rings. The Morgan fingerprint density at radius 3 is 2.43 bits per heavy atom. The molecule has 2 atom stereocenters. The van der Waals surface area contributed by atoms with Crippen LogP contribution in [-0.4, -0.2) is 18.8 Å². The molecule has 1 heterocycles. The lowest BCUT2D eigenvalue weighted by molar-refractivity contribution is 0.170. The maximum Gasteiger partial charge on any atom is 0.118 e. The number of aliphatic hydroxyl groups is 1. The van der Waals surface area contributed by atoms with E-state index in [1.165, 1.54) is 15.3 Å². The van der Waals surface area contributed by atoms with Crippen molar-refractivity contribution in [2.45, 2.75) is 32.9 Å². The van der Waals surface area contributed by atoms with Gasteiger partial charge in [-0.05, 0) is 50.1 Å². The summed E-state index contributed by atoms with van der Waals surface area (Å²) in [5.74, 6) is 0.802. The Morgan fingerprint density at radius 2 is 1.90 bits per heavy atom. The zero-order valence-corrected chi connectivity index (χ0v) is 13.8. The van der Waals surface area contributed by atoms with Crippen LogP contribution in [0.2, 0.25) is 0 Å². The van der Waals surface area contributed by atoms with E-state index in [4.69, 9.17) is 4.74 Å². The SMILES string of the molecule is COc1ccc(C(O)CNC(C)c2cc(C)sc2C)cc1. The minimum atomic E-state index is -0.515. The normalized spacial score (nSPS) is 14.0. The van der Waals surface area contributed by atoms with Gasteiger partial charge in [0, 0.05) is 22.3 Å². The fourth-order valence-corrected chi connectivity index (χ4v) is 3.45. The molecule has 0 bridgehead atoms. The van der Waals surface area contributed by atoms with Crippen LogP contribution in [0, 0.1) is 13.8 Å². The van der Waals surface area contributed by atoms with Gasteiger partial charge < -0.3 is 15.2 Å². The molecule has 0 fully saturated rings. The zero-order chi connectivity index (χ0) is 15.4. The van der Waals surface area contributed by atoms with Crippen LogP contribution in [0.5, 0.6) is 5.75 Å². The first kappa shape index (κ1) is 16.0. The third-order valence-corrected chi connectivity index (χ3v) is 4.65. The van der Waals surface area contributed by atoms with Gasteiger partial charge in [-0.15, -0.1) is 11.3 Å². The van der Waals surface area contributed by atoms with Gasteiger partial charge in [0.2, 0.25) is 0 Å². The topological polar surface area (TPSA) is 41.5 Å². The largest absolute Gasteiger partial charge is 0.497 e. The van der Waals surface area contributed by atoms with Crippen molar-refractivity contribution in [1.29, 1.82) is 0 Å². The molecule has 21 heavy (non-hydrogen) atoms. The summed E-state index contributed by atoms with van der Waals surface area (Å²) in [4.78, 5) is 2.67. The molecule has 114 valence electrons. The molecular formula is C17H23NO2S. The van der Waals surface area contributed by atoms with E-state index in [0.29, 0.717) is 6.54 Å². The van der Waals surface area contributed by atoms with Gasteiger partial charge in [-0.2, -0.15) is 0 Å². The molecule has 0 aliphatic carbocycles. The van der Waals surface area contributed by atoms with E-state index in [2.05, 4.69) is 32.2 Å². The van der Waals surface area contributed by atoms with Gasteiger partial charge in [-0.3, -0.25) is 0 Å². The minimum absolute atomic E-state index is 0.239. The lowest BCUT2D eigenvalue weighted by atomic mass is 10.1. The Morgan fingerprint density at radius 1 is 1.24 bits per heavy atom. The Bertz CT molecular complexity index is 577. The first-order chi connectivity index (χ1) is 10.0. The number of ether oxygens (including phenoxy) is 1. The van der Waals surface area contributed by atoms with Gasteiger partial charge in [-0.1, -0.05) is 12.1 Å². The molecule has 0 aliphatic heterocycles. The molecule has 0 amide bonds. The standard InChI is InChI=1S/C17H23NO2S/c1-11-9-16(13(3)21-11)12(2)18-10-17(19)14-5-7-15(20-4)8-6-14/h5-9,12,17-19H,10H2,1-4H3. The van der Waals surface area contributed by atoms with E-state index in [1.54, 1.807) is 7.11 Å². The van der Waals surface area contributed by atoms with Crippen LogP contribution in [0.25, 0.3) is 0 Å². The van der Waals surface area contributed by atoms with E-state index in [-0.39, 0.29) is 6.04 Å². The summed E-state index contributed by atoms with van der Waals surface area (Å²) in [7, 11) is 1.64. The molecule has 0 saturated carbocycles. The highest BCUT2D eigenvalue weighted by atomic mass is 32.1. The van der Waals surface area contributed by atoms with Gasteiger partial charge in [-0.25, -0.2) is 0 Å². The number of thiophene rings is 1. The maximum atomic E-state index is 10.3. The first-order valence-corrected chi connectivity index (χ1v) is 7.95. The van der Waals surface area contributed by atoms with Crippen LogP contribution >= 0.6 is 11.3 Å². The number of hydrogen-bond acceptors (Lipinski definition) is 4. The molecule has 2 unspecified atom stereocenters. The molecule has 0 saturated heterocycles. The first-order valence-electron chi connectivity index (χ1n) is 7.13. The fraction of sp³-hybridized carbons (Fsp3) is 0.412. The van der Waals surface area contributed by atoms with Crippen molar-refractivity contribution in [1.82, 2.24) is 5.32 Å². The smallest absolute Gasteiger partial charge is 0.118 e. The van der Waals surface area contributed by atoms with Gasteiger partial charge in [0.1, 0.15) is 5.75 Å². The molecule has 3 nitrogen and oxygen atoms in total. The quantitative estimate of drug-likeness (QED) is 0.854. The molecular weight excluding hydrogens is 282 g/mol. The van der Waals surface area contributed by atoms with Gasteiger partial charge >= 0.3 is 0 Å². The van der Waals surface area contributed by atoms with Crippen LogP contribution in [0.15, 0.2) is 30.3 Å². The number of benzene rings is 1. The fourth-order valence-electron chi connectivity index (χ4n) is 2.42. The number of methoxy groups -OCH3 is 1. The van der Waals surface area contributed by atoms with Gasteiger partial charge in [0.25, 0.3) is 0 Å². The summed E-state index contributed by atoms with van der Waals surface area (Å²) >= 11 is 1.82. The average Bonchev–Trinajstić information content (AvgIpc) is 2.83. The zero-order valence-electron chi connectivity index (χ0n) is 13.0. The molecule has 0 spiro atoms. The maximum absolute atomic E-state index is 10.3. The highest BCUT2D eigenvalue weighted by Crippen LogP contribution is 2.26. The Hall–Kier alpha value is -1.36. The molecule has 4 heteroatoms. The monoisotopic (exact) mass is 305 g/mol. The second-order valence-corrected chi connectivity index (χ2v) is 6.75. The second-order valence-electron chi connectivity index (χ2n) is 5.29. The molecule has 1 aromatic heterocycles. The van der Waals surface area contributed by atoms with E-state index in [1.807, 2.05) is 35.6 Å². The van der Waals surface area contributed by atoms with E-state index in [9.17, 15) is 5.11 Å². The molecule has 2 N–H and O–H groups in total. The predicted octanol–water partition coefficient (Wildman–Crippen LogP) is 3.76. The van der Waals surface area contributed by atoms with Crippen molar-refractivity contribution >= 4 is 11.3 Å². The van der Waals surface area contributed by atoms with Crippen LogP contribution in [-0.2, 0) is 0 Å². The number of aryl methyl sites for hydroxylation is 2. The van der Waals surface area contributed by atoms with Crippen molar-refractivity contribution < 1.29 is 9.84 Å². The van der Waals surface area contributed by atoms with E-state index >= 15 is 0 Å². The minimum Gasteiger partial charge on any atom is -0.497 e. The lowest BCUT2D eigenvalue weighted by Crippen LogP contribution is -2.24. The second kappa shape index (κ2) is 7.07. The van der Waals surface area contributed by atoms with E-state index in [0.717, 1.165) is 11.3 Å². The third-order valence-electron chi connectivity index (χ3n) is 3.66. The summed E-state index contributed by atoms with van der Waals surface area (Å²) in [6.07, 6.45) is -0.515. The molecule has 2 rings (SSSR count). The summed E-state index contributed by atoms with van der Waals surface area (Å²) in [6, 6.07) is 9.99.